The molecular weight excluding hydrogens is 192 g/mol. The van der Waals surface area contributed by atoms with E-state index in [1.807, 2.05) is 0 Å². The Bertz CT molecular complexity index is 277. The fraction of sp³-hybridized carbons (Fsp3) is 0.818. The predicted molar refractivity (Wildman–Crippen MR) is 56.0 cm³/mol. The number of hydrogen-bond donors (Lipinski definition) is 0. The average molecular weight is 210 g/mol. The molecule has 15 heavy (non-hydrogen) atoms. The summed E-state index contributed by atoms with van der Waals surface area (Å²) in [7, 11) is 3.33. The zero-order valence-electron chi connectivity index (χ0n) is 9.62. The van der Waals surface area contributed by atoms with E-state index in [9.17, 15) is 4.79 Å². The third-order valence-corrected chi connectivity index (χ3v) is 2.99. The Morgan fingerprint density at radius 3 is 2.67 bits per heavy atom. The highest BCUT2D eigenvalue weighted by molar-refractivity contribution is 5.86. The third-order valence-electron chi connectivity index (χ3n) is 2.99. The Morgan fingerprint density at radius 2 is 2.27 bits per heavy atom. The van der Waals surface area contributed by atoms with Gasteiger partial charge in [-0.1, -0.05) is 6.92 Å². The van der Waals surface area contributed by atoms with Gasteiger partial charge in [0, 0.05) is 20.7 Å². The smallest absolute Gasteiger partial charge is 0.242 e. The van der Waals surface area contributed by atoms with E-state index in [1.54, 1.807) is 19.1 Å². The molecule has 1 amide bonds. The zero-order chi connectivity index (χ0) is 11.5. The number of carbonyl (C=O) groups excluding carboxylic acids is 1. The van der Waals surface area contributed by atoms with Gasteiger partial charge in [0.1, 0.15) is 5.41 Å². The fourth-order valence-electron chi connectivity index (χ4n) is 2.14. The maximum atomic E-state index is 12.0. The molecule has 0 aromatic carbocycles. The molecule has 0 aromatic heterocycles. The van der Waals surface area contributed by atoms with Gasteiger partial charge in [-0.15, -0.1) is 0 Å². The predicted octanol–water partition coefficient (Wildman–Crippen LogP) is 1.03. The van der Waals surface area contributed by atoms with Crippen LogP contribution in [0.15, 0.2) is 0 Å². The summed E-state index contributed by atoms with van der Waals surface area (Å²) in [4.78, 5) is 13.6. The molecule has 4 nitrogen and oxygen atoms in total. The standard InChI is InChI=1S/C11H18N2O2/c1-9-6-11(7-9,8-12)10(14)13(2)4-5-15-3/h9H,4-7H2,1-3H3. The lowest BCUT2D eigenvalue weighted by Gasteiger charge is -2.41. The number of rotatable bonds is 4. The third kappa shape index (κ3) is 2.29. The summed E-state index contributed by atoms with van der Waals surface area (Å²) in [5.41, 5.74) is -0.748. The number of nitriles is 1. The first-order valence-corrected chi connectivity index (χ1v) is 5.21. The average Bonchev–Trinajstić information content (AvgIpc) is 2.20. The van der Waals surface area contributed by atoms with Crippen LogP contribution in [0.5, 0.6) is 0 Å². The normalized spacial score (nSPS) is 29.1. The number of methoxy groups -OCH3 is 1. The lowest BCUT2D eigenvalue weighted by atomic mass is 9.63. The number of likely N-dealkylation sites (N-methyl/N-ethyl adjacent to an activating group) is 1. The van der Waals surface area contributed by atoms with Crippen LogP contribution in [0, 0.1) is 22.7 Å². The highest BCUT2D eigenvalue weighted by atomic mass is 16.5. The summed E-state index contributed by atoms with van der Waals surface area (Å²) in [6, 6.07) is 2.17. The summed E-state index contributed by atoms with van der Waals surface area (Å²) >= 11 is 0. The van der Waals surface area contributed by atoms with Gasteiger partial charge in [-0.25, -0.2) is 0 Å². The summed E-state index contributed by atoms with van der Waals surface area (Å²) in [6.45, 7) is 3.13. The molecular formula is C11H18N2O2. The molecule has 0 saturated heterocycles. The second-order valence-electron chi connectivity index (χ2n) is 4.43. The molecule has 1 rings (SSSR count). The van der Waals surface area contributed by atoms with Gasteiger partial charge in [-0.2, -0.15) is 5.26 Å². The first-order chi connectivity index (χ1) is 7.05. The van der Waals surface area contributed by atoms with Crippen LogP contribution >= 0.6 is 0 Å². The van der Waals surface area contributed by atoms with Crippen LogP contribution in [0.2, 0.25) is 0 Å². The van der Waals surface area contributed by atoms with Crippen LogP contribution in [0.1, 0.15) is 19.8 Å². The Hall–Kier alpha value is -1.08. The van der Waals surface area contributed by atoms with Crippen molar-refractivity contribution in [2.75, 3.05) is 27.3 Å². The first kappa shape index (κ1) is 12.0. The highest BCUT2D eigenvalue weighted by Gasteiger charge is 2.50. The van der Waals surface area contributed by atoms with Crippen molar-refractivity contribution in [1.29, 1.82) is 5.26 Å². The van der Waals surface area contributed by atoms with E-state index in [1.165, 1.54) is 0 Å². The van der Waals surface area contributed by atoms with E-state index < -0.39 is 5.41 Å². The van der Waals surface area contributed by atoms with Gasteiger partial charge in [0.05, 0.1) is 12.7 Å². The first-order valence-electron chi connectivity index (χ1n) is 5.21. The molecule has 0 radical (unpaired) electrons. The molecule has 0 atom stereocenters. The van der Waals surface area contributed by atoms with E-state index in [-0.39, 0.29) is 5.91 Å². The van der Waals surface area contributed by atoms with Gasteiger partial charge >= 0.3 is 0 Å². The fourth-order valence-corrected chi connectivity index (χ4v) is 2.14. The van der Waals surface area contributed by atoms with Crippen molar-refractivity contribution in [3.63, 3.8) is 0 Å². The molecule has 0 unspecified atom stereocenters. The van der Waals surface area contributed by atoms with Gasteiger partial charge in [-0.3, -0.25) is 4.79 Å². The van der Waals surface area contributed by atoms with Crippen molar-refractivity contribution in [2.45, 2.75) is 19.8 Å². The maximum absolute atomic E-state index is 12.0. The van der Waals surface area contributed by atoms with Gasteiger partial charge in [0.25, 0.3) is 0 Å². The summed E-state index contributed by atoms with van der Waals surface area (Å²) in [6.07, 6.45) is 1.39. The number of nitrogens with zero attached hydrogens (tertiary/aromatic N) is 2. The van der Waals surface area contributed by atoms with Crippen LogP contribution in [-0.4, -0.2) is 38.1 Å². The van der Waals surface area contributed by atoms with Gasteiger partial charge < -0.3 is 9.64 Å². The molecule has 0 aliphatic heterocycles. The molecule has 4 heteroatoms. The van der Waals surface area contributed by atoms with Crippen LogP contribution in [0.25, 0.3) is 0 Å². The van der Waals surface area contributed by atoms with Crippen molar-refractivity contribution in [1.82, 2.24) is 4.90 Å². The lowest BCUT2D eigenvalue weighted by Crippen LogP contribution is -2.49. The highest BCUT2D eigenvalue weighted by Crippen LogP contribution is 2.45. The minimum Gasteiger partial charge on any atom is -0.383 e. The Kier molecular flexibility index (Phi) is 3.70. The molecule has 1 saturated carbocycles. The quantitative estimate of drug-likeness (QED) is 0.696. The van der Waals surface area contributed by atoms with Crippen molar-refractivity contribution >= 4 is 5.91 Å². The van der Waals surface area contributed by atoms with E-state index >= 15 is 0 Å². The second-order valence-corrected chi connectivity index (χ2v) is 4.43. The summed E-state index contributed by atoms with van der Waals surface area (Å²) in [5.74, 6) is 0.435. The maximum Gasteiger partial charge on any atom is 0.242 e. The van der Waals surface area contributed by atoms with Crippen molar-refractivity contribution in [2.24, 2.45) is 11.3 Å². The topological polar surface area (TPSA) is 53.3 Å². The Balaban J connectivity index is 2.55. The van der Waals surface area contributed by atoms with Crippen LogP contribution in [-0.2, 0) is 9.53 Å². The van der Waals surface area contributed by atoms with E-state index in [0.717, 1.165) is 0 Å². The van der Waals surface area contributed by atoms with E-state index in [0.29, 0.717) is 31.9 Å². The van der Waals surface area contributed by atoms with Crippen molar-refractivity contribution in [3.05, 3.63) is 0 Å². The summed E-state index contributed by atoms with van der Waals surface area (Å²) < 4.78 is 4.90. The molecule has 84 valence electrons. The Labute approximate surface area is 90.8 Å². The van der Waals surface area contributed by atoms with Crippen LogP contribution in [0.4, 0.5) is 0 Å². The van der Waals surface area contributed by atoms with E-state index in [4.69, 9.17) is 10.00 Å². The monoisotopic (exact) mass is 210 g/mol. The van der Waals surface area contributed by atoms with Crippen LogP contribution < -0.4 is 0 Å². The number of carbonyl (C=O) groups is 1. The molecule has 1 aliphatic carbocycles. The van der Waals surface area contributed by atoms with E-state index in [2.05, 4.69) is 13.0 Å². The molecule has 0 heterocycles. The number of hydrogen-bond acceptors (Lipinski definition) is 3. The van der Waals surface area contributed by atoms with Crippen LogP contribution in [0.3, 0.4) is 0 Å². The van der Waals surface area contributed by atoms with Gasteiger partial charge in [0.2, 0.25) is 5.91 Å². The molecule has 1 fully saturated rings. The zero-order valence-corrected chi connectivity index (χ0v) is 9.62. The minimum atomic E-state index is -0.748. The molecule has 0 N–H and O–H groups in total. The van der Waals surface area contributed by atoms with Gasteiger partial charge in [0.15, 0.2) is 0 Å². The Morgan fingerprint density at radius 1 is 1.67 bits per heavy atom. The number of ether oxygens (including phenoxy) is 1. The lowest BCUT2D eigenvalue weighted by molar-refractivity contribution is -0.144. The minimum absolute atomic E-state index is 0.0554. The van der Waals surface area contributed by atoms with Crippen molar-refractivity contribution in [3.8, 4) is 6.07 Å². The molecule has 1 aliphatic rings. The van der Waals surface area contributed by atoms with Crippen molar-refractivity contribution < 1.29 is 9.53 Å². The van der Waals surface area contributed by atoms with Gasteiger partial charge in [-0.05, 0) is 18.8 Å². The number of amides is 1. The SMILES string of the molecule is COCCN(C)C(=O)C1(C#N)CC(C)C1. The second kappa shape index (κ2) is 4.63. The molecule has 0 spiro atoms. The molecule has 0 aromatic rings. The molecule has 0 bridgehead atoms. The summed E-state index contributed by atoms with van der Waals surface area (Å²) in [5, 5.41) is 9.07. The largest absolute Gasteiger partial charge is 0.383 e.